The van der Waals surface area contributed by atoms with Gasteiger partial charge in [-0.2, -0.15) is 5.10 Å². The molecule has 0 spiro atoms. The van der Waals surface area contributed by atoms with Crippen LogP contribution in [-0.2, 0) is 11.3 Å². The molecule has 2 aromatic carbocycles. The van der Waals surface area contributed by atoms with Crippen molar-refractivity contribution in [2.45, 2.75) is 6.54 Å². The van der Waals surface area contributed by atoms with Crippen LogP contribution in [0.3, 0.4) is 0 Å². The zero-order chi connectivity index (χ0) is 19.2. The summed E-state index contributed by atoms with van der Waals surface area (Å²) >= 11 is 0. The Hall–Kier alpha value is -3.81. The highest BCUT2D eigenvalue weighted by Crippen LogP contribution is 2.14. The first-order chi connectivity index (χ1) is 13.0. The average molecular weight is 366 g/mol. The second-order valence-corrected chi connectivity index (χ2v) is 5.66. The van der Waals surface area contributed by atoms with E-state index < -0.39 is 10.8 Å². The number of nitrogens with zero attached hydrogens (tertiary/aromatic N) is 3. The minimum Gasteiger partial charge on any atom is -0.306 e. The van der Waals surface area contributed by atoms with Gasteiger partial charge in [-0.1, -0.05) is 30.3 Å². The van der Waals surface area contributed by atoms with E-state index >= 15 is 0 Å². The standard InChI is InChI=1S/C19H15FN4O3/c20-17-7-2-1-5-15(17)13-23-11-10-18(22-23)21-19(25)9-8-14-4-3-6-16(12-14)24(26)27/h1-12H,13H2,(H,21,22,25)/b9-8+. The predicted octanol–water partition coefficient (Wildman–Crippen LogP) is 3.63. The summed E-state index contributed by atoms with van der Waals surface area (Å²) < 4.78 is 15.2. The second kappa shape index (κ2) is 8.05. The van der Waals surface area contributed by atoms with Crippen molar-refractivity contribution in [3.05, 3.63) is 93.9 Å². The SMILES string of the molecule is O=C(/C=C/c1cccc([N+](=O)[O-])c1)Nc1ccn(Cc2ccccc2F)n1. The maximum absolute atomic E-state index is 13.7. The van der Waals surface area contributed by atoms with E-state index in [4.69, 9.17) is 0 Å². The van der Waals surface area contributed by atoms with Crippen LogP contribution in [0.2, 0.25) is 0 Å². The Labute approximate surface area is 153 Å². The highest BCUT2D eigenvalue weighted by Gasteiger charge is 2.06. The zero-order valence-corrected chi connectivity index (χ0v) is 14.1. The molecule has 3 aromatic rings. The maximum Gasteiger partial charge on any atom is 0.270 e. The molecular formula is C19H15FN4O3. The molecule has 0 fully saturated rings. The number of rotatable bonds is 6. The number of non-ortho nitro benzene ring substituents is 1. The fraction of sp³-hybridized carbons (Fsp3) is 0.0526. The quantitative estimate of drug-likeness (QED) is 0.410. The number of hydrogen-bond donors (Lipinski definition) is 1. The fourth-order valence-electron chi connectivity index (χ4n) is 2.40. The van der Waals surface area contributed by atoms with Crippen molar-refractivity contribution >= 4 is 23.5 Å². The highest BCUT2D eigenvalue weighted by atomic mass is 19.1. The van der Waals surface area contributed by atoms with Gasteiger partial charge < -0.3 is 5.32 Å². The molecule has 0 saturated heterocycles. The third-order valence-electron chi connectivity index (χ3n) is 3.69. The summed E-state index contributed by atoms with van der Waals surface area (Å²) in [5.41, 5.74) is 0.970. The van der Waals surface area contributed by atoms with Crippen LogP contribution in [0.15, 0.2) is 66.9 Å². The van der Waals surface area contributed by atoms with Crippen LogP contribution in [0.4, 0.5) is 15.9 Å². The first-order valence-electron chi connectivity index (χ1n) is 8.01. The van der Waals surface area contributed by atoms with E-state index in [9.17, 15) is 19.3 Å². The third-order valence-corrected chi connectivity index (χ3v) is 3.69. The van der Waals surface area contributed by atoms with Gasteiger partial charge in [0.2, 0.25) is 5.91 Å². The van der Waals surface area contributed by atoms with E-state index in [2.05, 4.69) is 10.4 Å². The summed E-state index contributed by atoms with van der Waals surface area (Å²) in [6.07, 6.45) is 4.36. The second-order valence-electron chi connectivity index (χ2n) is 5.66. The molecule has 136 valence electrons. The molecule has 27 heavy (non-hydrogen) atoms. The van der Waals surface area contributed by atoms with Gasteiger partial charge in [0.25, 0.3) is 5.69 Å². The van der Waals surface area contributed by atoms with Gasteiger partial charge in [0, 0.05) is 36.0 Å². The van der Waals surface area contributed by atoms with E-state index in [1.807, 2.05) is 0 Å². The topological polar surface area (TPSA) is 90.1 Å². The van der Waals surface area contributed by atoms with Crippen LogP contribution >= 0.6 is 0 Å². The van der Waals surface area contributed by atoms with Crippen molar-refractivity contribution in [2.24, 2.45) is 0 Å². The fourth-order valence-corrected chi connectivity index (χ4v) is 2.40. The van der Waals surface area contributed by atoms with Crippen molar-refractivity contribution in [3.63, 3.8) is 0 Å². The smallest absolute Gasteiger partial charge is 0.270 e. The molecule has 0 bridgehead atoms. The molecule has 1 aromatic heterocycles. The monoisotopic (exact) mass is 366 g/mol. The molecule has 8 heteroatoms. The molecule has 0 aliphatic carbocycles. The largest absolute Gasteiger partial charge is 0.306 e. The number of amides is 1. The Morgan fingerprint density at radius 2 is 2.04 bits per heavy atom. The number of carbonyl (C=O) groups is 1. The number of benzene rings is 2. The summed E-state index contributed by atoms with van der Waals surface area (Å²) in [5, 5.41) is 17.5. The molecule has 1 amide bonds. The van der Waals surface area contributed by atoms with Crippen LogP contribution < -0.4 is 5.32 Å². The number of anilines is 1. The normalized spacial score (nSPS) is 10.9. The van der Waals surface area contributed by atoms with E-state index in [1.54, 1.807) is 42.6 Å². The zero-order valence-electron chi connectivity index (χ0n) is 14.1. The van der Waals surface area contributed by atoms with Gasteiger partial charge in [0.05, 0.1) is 11.5 Å². The molecule has 1 N–H and O–H groups in total. The lowest BCUT2D eigenvalue weighted by molar-refractivity contribution is -0.384. The van der Waals surface area contributed by atoms with Crippen molar-refractivity contribution in [3.8, 4) is 0 Å². The molecule has 0 atom stereocenters. The molecule has 0 aliphatic heterocycles. The third kappa shape index (κ3) is 4.85. The van der Waals surface area contributed by atoms with Crippen molar-refractivity contribution < 1.29 is 14.1 Å². The first-order valence-corrected chi connectivity index (χ1v) is 8.01. The molecule has 0 aliphatic rings. The Kier molecular flexibility index (Phi) is 5.36. The average Bonchev–Trinajstić information content (AvgIpc) is 3.09. The summed E-state index contributed by atoms with van der Waals surface area (Å²) in [7, 11) is 0. The highest BCUT2D eigenvalue weighted by molar-refractivity contribution is 6.01. The van der Waals surface area contributed by atoms with E-state index in [0.717, 1.165) is 0 Å². The van der Waals surface area contributed by atoms with Gasteiger partial charge in [-0.3, -0.25) is 19.6 Å². The number of nitro groups is 1. The Morgan fingerprint density at radius 1 is 1.22 bits per heavy atom. The number of nitro benzene ring substituents is 1. The molecule has 1 heterocycles. The summed E-state index contributed by atoms with van der Waals surface area (Å²) in [6.45, 7) is 0.242. The van der Waals surface area contributed by atoms with Crippen LogP contribution in [0, 0.1) is 15.9 Å². The minimum absolute atomic E-state index is 0.0514. The van der Waals surface area contributed by atoms with Gasteiger partial charge in [-0.15, -0.1) is 0 Å². The minimum atomic E-state index is -0.500. The van der Waals surface area contributed by atoms with E-state index in [-0.39, 0.29) is 18.0 Å². The van der Waals surface area contributed by atoms with Crippen LogP contribution in [0.1, 0.15) is 11.1 Å². The van der Waals surface area contributed by atoms with Crippen LogP contribution in [0.25, 0.3) is 6.08 Å². The van der Waals surface area contributed by atoms with Crippen molar-refractivity contribution in [2.75, 3.05) is 5.32 Å². The first kappa shape index (κ1) is 18.0. The lowest BCUT2D eigenvalue weighted by atomic mass is 10.2. The Bertz CT molecular complexity index is 1010. The number of halogens is 1. The maximum atomic E-state index is 13.7. The molecule has 3 rings (SSSR count). The van der Waals surface area contributed by atoms with Gasteiger partial charge in [0.15, 0.2) is 5.82 Å². The number of carbonyl (C=O) groups excluding carboxylic acids is 1. The molecule has 0 saturated carbocycles. The lowest BCUT2D eigenvalue weighted by Gasteiger charge is -2.03. The summed E-state index contributed by atoms with van der Waals surface area (Å²) in [6, 6.07) is 13.9. The Morgan fingerprint density at radius 3 is 2.81 bits per heavy atom. The van der Waals surface area contributed by atoms with Gasteiger partial charge >= 0.3 is 0 Å². The van der Waals surface area contributed by atoms with Crippen molar-refractivity contribution in [1.29, 1.82) is 0 Å². The van der Waals surface area contributed by atoms with E-state index in [1.165, 1.54) is 35.0 Å². The number of hydrogen-bond acceptors (Lipinski definition) is 4. The van der Waals surface area contributed by atoms with Crippen LogP contribution in [-0.4, -0.2) is 20.6 Å². The van der Waals surface area contributed by atoms with Crippen molar-refractivity contribution in [1.82, 2.24) is 9.78 Å². The number of nitrogens with one attached hydrogen (secondary N) is 1. The van der Waals surface area contributed by atoms with Gasteiger partial charge in [-0.25, -0.2) is 4.39 Å². The van der Waals surface area contributed by atoms with Gasteiger partial charge in [0.1, 0.15) is 5.82 Å². The van der Waals surface area contributed by atoms with Crippen LogP contribution in [0.5, 0.6) is 0 Å². The molecule has 7 nitrogen and oxygen atoms in total. The summed E-state index contributed by atoms with van der Waals surface area (Å²) in [5.74, 6) is -0.434. The predicted molar refractivity (Wildman–Crippen MR) is 98.5 cm³/mol. The lowest BCUT2D eigenvalue weighted by Crippen LogP contribution is -2.09. The molecular weight excluding hydrogens is 351 g/mol. The summed E-state index contributed by atoms with van der Waals surface area (Å²) in [4.78, 5) is 22.2. The van der Waals surface area contributed by atoms with Gasteiger partial charge in [-0.05, 0) is 17.7 Å². The molecule has 0 radical (unpaired) electrons. The Balaban J connectivity index is 1.62. The molecule has 0 unspecified atom stereocenters. The number of aromatic nitrogens is 2. The van der Waals surface area contributed by atoms with E-state index in [0.29, 0.717) is 16.9 Å².